The molecular weight excluding hydrogens is 401 g/mol. The van der Waals surface area contributed by atoms with Crippen LogP contribution in [0.2, 0.25) is 0 Å². The second kappa shape index (κ2) is 4.35. The third kappa shape index (κ3) is 1.60. The molecule has 2 aromatic carbocycles. The fourth-order valence-electron chi connectivity index (χ4n) is 4.09. The highest BCUT2D eigenvalue weighted by atomic mass is 127. The Bertz CT molecular complexity index is 979. The molecule has 2 aliphatic rings. The average molecular weight is 415 g/mol. The van der Waals surface area contributed by atoms with E-state index >= 15 is 0 Å². The van der Waals surface area contributed by atoms with E-state index in [4.69, 9.17) is 0 Å². The van der Waals surface area contributed by atoms with E-state index in [0.717, 1.165) is 26.7 Å². The summed E-state index contributed by atoms with van der Waals surface area (Å²) in [4.78, 5) is 14.7. The normalized spacial score (nSPS) is 25.4. The fraction of sp³-hybridized carbons (Fsp3) is 0.222. The molecule has 1 spiro atoms. The van der Waals surface area contributed by atoms with Gasteiger partial charge < -0.3 is 4.90 Å². The lowest BCUT2D eigenvalue weighted by atomic mass is 9.92. The zero-order valence-electron chi connectivity index (χ0n) is 12.5. The van der Waals surface area contributed by atoms with E-state index in [9.17, 15) is 4.79 Å². The number of amides is 1. The number of nitrogens with zero attached hydrogens (tertiary/aromatic N) is 2. The summed E-state index contributed by atoms with van der Waals surface area (Å²) < 4.78 is 0.983. The van der Waals surface area contributed by atoms with Crippen LogP contribution in [0.5, 0.6) is 0 Å². The predicted octanol–water partition coefficient (Wildman–Crippen LogP) is 3.57. The summed E-state index contributed by atoms with van der Waals surface area (Å²) in [5, 5.41) is 8.47. The Morgan fingerprint density at radius 2 is 2.13 bits per heavy atom. The number of aromatic nitrogens is 2. The lowest BCUT2D eigenvalue weighted by molar-refractivity contribution is -0.120. The molecule has 1 aliphatic heterocycles. The minimum Gasteiger partial charge on any atom is -0.314 e. The summed E-state index contributed by atoms with van der Waals surface area (Å²) in [7, 11) is 1.88. The Hall–Kier alpha value is -1.89. The Labute approximate surface area is 147 Å². The predicted molar refractivity (Wildman–Crippen MR) is 97.7 cm³/mol. The number of hydrogen-bond acceptors (Lipinski definition) is 2. The number of rotatable bonds is 1. The van der Waals surface area contributed by atoms with Gasteiger partial charge in [0.2, 0.25) is 5.91 Å². The largest absolute Gasteiger partial charge is 0.314 e. The van der Waals surface area contributed by atoms with Gasteiger partial charge in [-0.2, -0.15) is 5.10 Å². The molecule has 23 heavy (non-hydrogen) atoms. The number of carbonyl (C=O) groups excluding carboxylic acids is 1. The molecule has 2 heterocycles. The van der Waals surface area contributed by atoms with Crippen molar-refractivity contribution in [2.24, 2.45) is 0 Å². The first-order valence-electron chi connectivity index (χ1n) is 7.64. The molecule has 1 aromatic heterocycles. The molecule has 114 valence electrons. The zero-order valence-corrected chi connectivity index (χ0v) is 14.7. The van der Waals surface area contributed by atoms with Crippen LogP contribution in [0.25, 0.3) is 10.9 Å². The SMILES string of the molecule is CN1C(=O)C2(CC2c2ccc3c(I)n[nH]c3c2)c2ccccc21. The van der Waals surface area contributed by atoms with Gasteiger partial charge in [-0.05, 0) is 58.3 Å². The quantitative estimate of drug-likeness (QED) is 0.618. The van der Waals surface area contributed by atoms with Gasteiger partial charge in [0.05, 0.1) is 10.9 Å². The summed E-state index contributed by atoms with van der Waals surface area (Å²) >= 11 is 2.23. The highest BCUT2D eigenvalue weighted by Gasteiger charge is 2.66. The van der Waals surface area contributed by atoms with Crippen molar-refractivity contribution in [1.29, 1.82) is 0 Å². The maximum absolute atomic E-state index is 12.9. The van der Waals surface area contributed by atoms with Crippen LogP contribution in [0.1, 0.15) is 23.5 Å². The maximum Gasteiger partial charge on any atom is 0.238 e. The van der Waals surface area contributed by atoms with Crippen LogP contribution < -0.4 is 4.90 Å². The molecular formula is C18H14IN3O. The molecule has 0 bridgehead atoms. The Kier molecular flexibility index (Phi) is 2.56. The number of fused-ring (bicyclic) bond motifs is 3. The lowest BCUT2D eigenvalue weighted by Crippen LogP contribution is -2.29. The Morgan fingerprint density at radius 3 is 3.00 bits per heavy atom. The van der Waals surface area contributed by atoms with Gasteiger partial charge in [-0.1, -0.05) is 24.3 Å². The summed E-state index contributed by atoms with van der Waals surface area (Å²) in [5.41, 5.74) is 4.14. The van der Waals surface area contributed by atoms with Crippen molar-refractivity contribution in [1.82, 2.24) is 10.2 Å². The van der Waals surface area contributed by atoms with E-state index < -0.39 is 0 Å². The summed E-state index contributed by atoms with van der Waals surface area (Å²) in [6, 6.07) is 14.6. The van der Waals surface area contributed by atoms with Gasteiger partial charge in [0.1, 0.15) is 3.70 Å². The second-order valence-corrected chi connectivity index (χ2v) is 7.45. The van der Waals surface area contributed by atoms with E-state index in [1.165, 1.54) is 11.1 Å². The van der Waals surface area contributed by atoms with Crippen molar-refractivity contribution in [3.05, 3.63) is 57.3 Å². The van der Waals surface area contributed by atoms with E-state index in [1.54, 1.807) is 0 Å². The minimum absolute atomic E-state index is 0.225. The van der Waals surface area contributed by atoms with E-state index in [0.29, 0.717) is 0 Å². The zero-order chi connectivity index (χ0) is 15.8. The number of halogens is 1. The lowest BCUT2D eigenvalue weighted by Gasteiger charge is -2.11. The first kappa shape index (κ1) is 13.5. The van der Waals surface area contributed by atoms with Gasteiger partial charge in [-0.3, -0.25) is 9.89 Å². The molecule has 1 fully saturated rings. The summed E-state index contributed by atoms with van der Waals surface area (Å²) in [5.74, 6) is 0.481. The molecule has 4 nitrogen and oxygen atoms in total. The third-order valence-corrected chi connectivity index (χ3v) is 6.16. The van der Waals surface area contributed by atoms with Crippen LogP contribution in [0.4, 0.5) is 5.69 Å². The number of para-hydroxylation sites is 1. The standard InChI is InChI=1S/C18H14IN3O/c1-22-15-5-3-2-4-12(15)18(17(22)23)9-13(18)10-6-7-11-14(8-10)20-21-16(11)19/h2-8,13H,9H2,1H3,(H,20,21). The maximum atomic E-state index is 12.9. The molecule has 2 atom stereocenters. The van der Waals surface area contributed by atoms with Crippen molar-refractivity contribution in [3.8, 4) is 0 Å². The Balaban J connectivity index is 1.63. The molecule has 1 aliphatic carbocycles. The smallest absolute Gasteiger partial charge is 0.238 e. The molecule has 0 saturated heterocycles. The number of nitrogens with one attached hydrogen (secondary N) is 1. The van der Waals surface area contributed by atoms with Crippen LogP contribution in [0.15, 0.2) is 42.5 Å². The van der Waals surface area contributed by atoms with Crippen LogP contribution in [0.3, 0.4) is 0 Å². The van der Waals surface area contributed by atoms with Crippen molar-refractivity contribution >= 4 is 45.1 Å². The number of anilines is 1. The number of aromatic amines is 1. The number of likely N-dealkylation sites (N-methyl/N-ethyl adjacent to an activating group) is 1. The van der Waals surface area contributed by atoms with Crippen molar-refractivity contribution in [2.75, 3.05) is 11.9 Å². The van der Waals surface area contributed by atoms with E-state index in [-0.39, 0.29) is 17.2 Å². The van der Waals surface area contributed by atoms with Crippen LogP contribution in [0, 0.1) is 3.70 Å². The summed E-state index contributed by atoms with van der Waals surface area (Å²) in [6.07, 6.45) is 0.893. The summed E-state index contributed by atoms with van der Waals surface area (Å²) in [6.45, 7) is 0. The fourth-order valence-corrected chi connectivity index (χ4v) is 4.68. The second-order valence-electron chi connectivity index (χ2n) is 6.43. The van der Waals surface area contributed by atoms with E-state index in [2.05, 4.69) is 57.1 Å². The molecule has 1 amide bonds. The van der Waals surface area contributed by atoms with Gasteiger partial charge in [-0.25, -0.2) is 0 Å². The third-order valence-electron chi connectivity index (χ3n) is 5.34. The number of hydrogen-bond donors (Lipinski definition) is 1. The van der Waals surface area contributed by atoms with Crippen LogP contribution in [-0.4, -0.2) is 23.2 Å². The molecule has 1 N–H and O–H groups in total. The molecule has 5 rings (SSSR count). The van der Waals surface area contributed by atoms with Gasteiger partial charge in [0.15, 0.2) is 0 Å². The molecule has 1 saturated carbocycles. The highest BCUT2D eigenvalue weighted by Crippen LogP contribution is 2.66. The van der Waals surface area contributed by atoms with Crippen LogP contribution >= 0.6 is 22.6 Å². The number of carbonyl (C=O) groups is 1. The van der Waals surface area contributed by atoms with Crippen molar-refractivity contribution < 1.29 is 4.79 Å². The first-order valence-corrected chi connectivity index (χ1v) is 8.72. The van der Waals surface area contributed by atoms with Gasteiger partial charge in [-0.15, -0.1) is 0 Å². The van der Waals surface area contributed by atoms with E-state index in [1.807, 2.05) is 30.1 Å². The number of benzene rings is 2. The first-order chi connectivity index (χ1) is 11.1. The van der Waals surface area contributed by atoms with Gasteiger partial charge in [0, 0.05) is 24.0 Å². The van der Waals surface area contributed by atoms with Crippen LogP contribution in [-0.2, 0) is 10.2 Å². The number of H-pyrrole nitrogens is 1. The average Bonchev–Trinajstić information content (AvgIpc) is 3.19. The minimum atomic E-state index is -0.355. The topological polar surface area (TPSA) is 49.0 Å². The molecule has 2 unspecified atom stereocenters. The molecule has 5 heteroatoms. The Morgan fingerprint density at radius 1 is 1.30 bits per heavy atom. The highest BCUT2D eigenvalue weighted by molar-refractivity contribution is 14.1. The molecule has 3 aromatic rings. The van der Waals surface area contributed by atoms with Gasteiger partial charge >= 0.3 is 0 Å². The molecule has 0 radical (unpaired) electrons. The van der Waals surface area contributed by atoms with Gasteiger partial charge in [0.25, 0.3) is 0 Å². The van der Waals surface area contributed by atoms with Crippen molar-refractivity contribution in [2.45, 2.75) is 17.8 Å². The monoisotopic (exact) mass is 415 g/mol. The van der Waals surface area contributed by atoms with Crippen molar-refractivity contribution in [3.63, 3.8) is 0 Å².